The molecule has 0 aliphatic heterocycles. The van der Waals surface area contributed by atoms with E-state index in [0.29, 0.717) is 24.1 Å². The maximum Gasteiger partial charge on any atom is 0.238 e. The lowest BCUT2D eigenvalue weighted by Crippen LogP contribution is -2.29. The number of nitrogens with one attached hydrogen (secondary N) is 1. The minimum atomic E-state index is -3.79. The van der Waals surface area contributed by atoms with Gasteiger partial charge in [-0.2, -0.15) is 0 Å². The average molecular weight is 332 g/mol. The summed E-state index contributed by atoms with van der Waals surface area (Å²) in [5, 5.41) is 4.71. The molecule has 0 aromatic heterocycles. The fourth-order valence-electron chi connectivity index (χ4n) is 2.66. The van der Waals surface area contributed by atoms with Gasteiger partial charge in [0.05, 0.1) is 10.1 Å². The van der Waals surface area contributed by atoms with Crippen LogP contribution in [0.4, 0.5) is 5.69 Å². The summed E-state index contributed by atoms with van der Waals surface area (Å²) in [6, 6.07) is 4.23. The van der Waals surface area contributed by atoms with E-state index >= 15 is 0 Å². The zero-order chi connectivity index (χ0) is 15.7. The van der Waals surface area contributed by atoms with Gasteiger partial charge in [0.2, 0.25) is 20.0 Å². The number of sulfonamides is 2. The van der Waals surface area contributed by atoms with E-state index in [4.69, 9.17) is 5.14 Å². The average Bonchev–Trinajstić information content (AvgIpc) is 2.37. The minimum Gasteiger partial charge on any atom is -0.283 e. The van der Waals surface area contributed by atoms with Crippen LogP contribution in [0.2, 0.25) is 0 Å². The van der Waals surface area contributed by atoms with Gasteiger partial charge in [-0.3, -0.25) is 4.72 Å². The Morgan fingerprint density at radius 3 is 2.24 bits per heavy atom. The summed E-state index contributed by atoms with van der Waals surface area (Å²) >= 11 is 0. The number of rotatable bonds is 4. The van der Waals surface area contributed by atoms with Gasteiger partial charge in [0.25, 0.3) is 0 Å². The Labute approximate surface area is 125 Å². The van der Waals surface area contributed by atoms with Crippen LogP contribution in [-0.4, -0.2) is 22.1 Å². The number of hydrogen-bond donors (Lipinski definition) is 2. The Bertz CT molecular complexity index is 721. The first-order valence-corrected chi connectivity index (χ1v) is 9.94. The number of hydrogen-bond acceptors (Lipinski definition) is 4. The molecule has 0 heterocycles. The van der Waals surface area contributed by atoms with Crippen LogP contribution in [0.1, 0.15) is 37.7 Å². The molecule has 21 heavy (non-hydrogen) atoms. The molecule has 0 atom stereocenters. The molecule has 0 bridgehead atoms. The summed E-state index contributed by atoms with van der Waals surface area (Å²) in [6.45, 7) is 1.58. The Morgan fingerprint density at radius 2 is 1.71 bits per heavy atom. The van der Waals surface area contributed by atoms with Gasteiger partial charge in [-0.1, -0.05) is 19.3 Å². The van der Waals surface area contributed by atoms with E-state index in [2.05, 4.69) is 4.72 Å². The van der Waals surface area contributed by atoms with Crippen molar-refractivity contribution < 1.29 is 16.8 Å². The summed E-state index contributed by atoms with van der Waals surface area (Å²) in [4.78, 5) is 0.00288. The first kappa shape index (κ1) is 16.3. The molecule has 8 heteroatoms. The zero-order valence-electron chi connectivity index (χ0n) is 11.9. The van der Waals surface area contributed by atoms with Gasteiger partial charge in [-0.15, -0.1) is 0 Å². The molecule has 2 rings (SSSR count). The molecule has 1 aliphatic rings. The van der Waals surface area contributed by atoms with Gasteiger partial charge in [-0.25, -0.2) is 22.0 Å². The number of benzene rings is 1. The van der Waals surface area contributed by atoms with Gasteiger partial charge in [-0.05, 0) is 43.5 Å². The van der Waals surface area contributed by atoms with E-state index in [9.17, 15) is 16.8 Å². The van der Waals surface area contributed by atoms with Crippen molar-refractivity contribution in [3.05, 3.63) is 23.8 Å². The molecule has 1 aliphatic carbocycles. The topological polar surface area (TPSA) is 106 Å². The molecule has 1 aromatic rings. The Morgan fingerprint density at radius 1 is 1.10 bits per heavy atom. The largest absolute Gasteiger partial charge is 0.283 e. The van der Waals surface area contributed by atoms with E-state index in [1.54, 1.807) is 6.92 Å². The molecule has 6 nitrogen and oxygen atoms in total. The van der Waals surface area contributed by atoms with Crippen molar-refractivity contribution >= 4 is 25.7 Å². The molecule has 118 valence electrons. The lowest BCUT2D eigenvalue weighted by atomic mass is 10.0. The van der Waals surface area contributed by atoms with Crippen LogP contribution in [-0.2, 0) is 20.0 Å². The zero-order valence-corrected chi connectivity index (χ0v) is 13.5. The molecular formula is C13H20N2O4S2. The molecule has 0 saturated heterocycles. The van der Waals surface area contributed by atoms with Crippen molar-refractivity contribution in [3.8, 4) is 0 Å². The van der Waals surface area contributed by atoms with Crippen molar-refractivity contribution in [2.45, 2.75) is 49.2 Å². The van der Waals surface area contributed by atoms with Crippen LogP contribution in [0.3, 0.4) is 0 Å². The van der Waals surface area contributed by atoms with Crippen LogP contribution in [0.15, 0.2) is 23.1 Å². The molecule has 1 fully saturated rings. The van der Waals surface area contributed by atoms with E-state index in [0.717, 1.165) is 19.3 Å². The summed E-state index contributed by atoms with van der Waals surface area (Å²) in [5.41, 5.74) is 0.784. The Hall–Kier alpha value is -1.12. The van der Waals surface area contributed by atoms with Gasteiger partial charge >= 0.3 is 0 Å². The van der Waals surface area contributed by atoms with Gasteiger partial charge in [0.1, 0.15) is 0 Å². The molecule has 3 N–H and O–H groups in total. The second-order valence-electron chi connectivity index (χ2n) is 5.43. The highest BCUT2D eigenvalue weighted by Crippen LogP contribution is 2.26. The summed E-state index contributed by atoms with van der Waals surface area (Å²) in [6.07, 6.45) is 4.27. The van der Waals surface area contributed by atoms with Crippen LogP contribution in [0, 0.1) is 6.92 Å². The highest BCUT2D eigenvalue weighted by atomic mass is 32.2. The van der Waals surface area contributed by atoms with Crippen molar-refractivity contribution in [2.75, 3.05) is 4.72 Å². The van der Waals surface area contributed by atoms with Crippen LogP contribution < -0.4 is 9.86 Å². The van der Waals surface area contributed by atoms with Gasteiger partial charge in [0.15, 0.2) is 0 Å². The maximum absolute atomic E-state index is 12.3. The second-order valence-corrected chi connectivity index (χ2v) is 8.92. The number of primary sulfonamides is 1. The normalized spacial score (nSPS) is 17.6. The lowest BCUT2D eigenvalue weighted by Gasteiger charge is -2.22. The standard InChI is InChI=1S/C13H20N2O4S2/c1-10-9-11(7-8-13(10)20(14,16)17)15-21(18,19)12-5-3-2-4-6-12/h7-9,12,15H,2-6H2,1H3,(H2,14,16,17). The van der Waals surface area contributed by atoms with Gasteiger partial charge < -0.3 is 0 Å². The minimum absolute atomic E-state index is 0.00288. The molecular weight excluding hydrogens is 312 g/mol. The molecule has 0 unspecified atom stereocenters. The van der Waals surface area contributed by atoms with Crippen LogP contribution in [0.5, 0.6) is 0 Å². The number of anilines is 1. The highest BCUT2D eigenvalue weighted by Gasteiger charge is 2.27. The molecule has 0 spiro atoms. The predicted molar refractivity (Wildman–Crippen MR) is 82.0 cm³/mol. The molecule has 0 radical (unpaired) electrons. The second kappa shape index (κ2) is 5.94. The third kappa shape index (κ3) is 3.96. The first-order chi connectivity index (χ1) is 9.70. The summed E-state index contributed by atoms with van der Waals surface area (Å²) in [5.74, 6) is 0. The third-order valence-electron chi connectivity index (χ3n) is 3.73. The van der Waals surface area contributed by atoms with Crippen LogP contribution >= 0.6 is 0 Å². The predicted octanol–water partition coefficient (Wildman–Crippen LogP) is 1.72. The van der Waals surface area contributed by atoms with Gasteiger partial charge in [0, 0.05) is 5.69 Å². The first-order valence-electron chi connectivity index (χ1n) is 6.85. The van der Waals surface area contributed by atoms with Crippen molar-refractivity contribution in [3.63, 3.8) is 0 Å². The monoisotopic (exact) mass is 332 g/mol. The molecule has 1 saturated carbocycles. The fraction of sp³-hybridized carbons (Fsp3) is 0.538. The van der Waals surface area contributed by atoms with E-state index in [-0.39, 0.29) is 10.1 Å². The maximum atomic E-state index is 12.3. The van der Waals surface area contributed by atoms with Crippen molar-refractivity contribution in [1.82, 2.24) is 0 Å². The number of nitrogens with two attached hydrogens (primary N) is 1. The Balaban J connectivity index is 2.22. The van der Waals surface area contributed by atoms with Crippen LogP contribution in [0.25, 0.3) is 0 Å². The quantitative estimate of drug-likeness (QED) is 0.875. The summed E-state index contributed by atoms with van der Waals surface area (Å²) < 4.78 is 49.8. The third-order valence-corrected chi connectivity index (χ3v) is 6.67. The fourth-order valence-corrected chi connectivity index (χ4v) is 5.00. The van der Waals surface area contributed by atoms with Crippen molar-refractivity contribution in [2.24, 2.45) is 5.14 Å². The van der Waals surface area contributed by atoms with Crippen molar-refractivity contribution in [1.29, 1.82) is 0 Å². The highest BCUT2D eigenvalue weighted by molar-refractivity contribution is 7.93. The molecule has 1 aromatic carbocycles. The van der Waals surface area contributed by atoms with E-state index in [1.165, 1.54) is 18.2 Å². The Kier molecular flexibility index (Phi) is 4.60. The van der Waals surface area contributed by atoms with E-state index < -0.39 is 20.0 Å². The summed E-state index contributed by atoms with van der Waals surface area (Å²) in [7, 11) is -7.22. The lowest BCUT2D eigenvalue weighted by molar-refractivity contribution is 0.486. The smallest absolute Gasteiger partial charge is 0.238 e. The number of aryl methyl sites for hydroxylation is 1. The SMILES string of the molecule is Cc1cc(NS(=O)(=O)C2CCCCC2)ccc1S(N)(=O)=O. The molecule has 0 amide bonds. The van der Waals surface area contributed by atoms with E-state index in [1.807, 2.05) is 0 Å².